The summed E-state index contributed by atoms with van der Waals surface area (Å²) in [6.07, 6.45) is 3.22. The maximum atomic E-state index is 14.0. The van der Waals surface area contributed by atoms with Gasteiger partial charge in [-0.05, 0) is 37.3 Å². The number of pyridine rings is 1. The predicted molar refractivity (Wildman–Crippen MR) is 109 cm³/mol. The third-order valence-electron chi connectivity index (χ3n) is 5.31. The summed E-state index contributed by atoms with van der Waals surface area (Å²) < 4.78 is 25.8. The lowest BCUT2D eigenvalue weighted by Crippen LogP contribution is -2.32. The van der Waals surface area contributed by atoms with E-state index in [9.17, 15) is 9.18 Å². The van der Waals surface area contributed by atoms with Gasteiger partial charge < -0.3 is 9.47 Å². The molecule has 3 heterocycles. The van der Waals surface area contributed by atoms with Crippen LogP contribution in [0.2, 0.25) is 0 Å². The summed E-state index contributed by atoms with van der Waals surface area (Å²) in [4.78, 5) is 19.4. The molecule has 6 heteroatoms. The van der Waals surface area contributed by atoms with E-state index in [1.54, 1.807) is 24.4 Å². The Hall–Kier alpha value is -3.51. The number of carbonyl (C=O) groups excluding carboxylic acids is 1. The molecule has 0 aliphatic carbocycles. The number of ketones is 1. The minimum absolute atomic E-state index is 0.117. The zero-order valence-electron chi connectivity index (χ0n) is 16.4. The normalized spacial score (nSPS) is 16.7. The predicted octanol–water partition coefficient (Wildman–Crippen LogP) is 4.50. The number of fused-ring (bicyclic) bond motifs is 2. The second kappa shape index (κ2) is 7.39. The molecule has 0 N–H and O–H groups in total. The van der Waals surface area contributed by atoms with Crippen molar-refractivity contribution in [2.24, 2.45) is 0 Å². The van der Waals surface area contributed by atoms with Gasteiger partial charge in [0.2, 0.25) is 5.78 Å². The molecule has 0 radical (unpaired) electrons. The Bertz CT molecular complexity index is 1170. The molecule has 2 aliphatic heterocycles. The van der Waals surface area contributed by atoms with Crippen LogP contribution in [-0.2, 0) is 13.1 Å². The van der Waals surface area contributed by atoms with Crippen molar-refractivity contribution in [1.82, 2.24) is 9.88 Å². The van der Waals surface area contributed by atoms with Crippen molar-refractivity contribution in [2.45, 2.75) is 20.0 Å². The van der Waals surface area contributed by atoms with Gasteiger partial charge in [-0.15, -0.1) is 0 Å². The van der Waals surface area contributed by atoms with Crippen molar-refractivity contribution < 1.29 is 18.7 Å². The van der Waals surface area contributed by atoms with Gasteiger partial charge in [-0.2, -0.15) is 0 Å². The van der Waals surface area contributed by atoms with Gasteiger partial charge in [-0.1, -0.05) is 24.3 Å². The van der Waals surface area contributed by atoms with Crippen molar-refractivity contribution in [1.29, 1.82) is 0 Å². The van der Waals surface area contributed by atoms with Crippen LogP contribution < -0.4 is 9.47 Å². The molecular formula is C24H19FN2O3. The number of hydrogen-bond donors (Lipinski definition) is 0. The minimum Gasteiger partial charge on any atom is -0.477 e. The smallest absolute Gasteiger partial charge is 0.231 e. The van der Waals surface area contributed by atoms with Crippen molar-refractivity contribution >= 4 is 11.9 Å². The molecule has 30 heavy (non-hydrogen) atoms. The molecule has 0 atom stereocenters. The molecule has 2 aromatic carbocycles. The van der Waals surface area contributed by atoms with Gasteiger partial charge in [0, 0.05) is 36.0 Å². The molecule has 5 rings (SSSR count). The molecule has 0 bridgehead atoms. The Kier molecular flexibility index (Phi) is 4.56. The fourth-order valence-electron chi connectivity index (χ4n) is 3.85. The first-order valence-electron chi connectivity index (χ1n) is 9.70. The number of halogens is 1. The van der Waals surface area contributed by atoms with Crippen molar-refractivity contribution in [3.63, 3.8) is 0 Å². The van der Waals surface area contributed by atoms with E-state index in [1.807, 2.05) is 31.2 Å². The molecule has 150 valence electrons. The number of allylic oxidation sites excluding steroid dienone is 1. The summed E-state index contributed by atoms with van der Waals surface area (Å²) in [7, 11) is 0. The monoisotopic (exact) mass is 402 g/mol. The number of nitrogens with zero attached hydrogens (tertiary/aromatic N) is 2. The number of ether oxygens (including phenoxy) is 2. The van der Waals surface area contributed by atoms with Crippen LogP contribution in [0.3, 0.4) is 0 Å². The van der Waals surface area contributed by atoms with Crippen LogP contribution in [0.4, 0.5) is 4.39 Å². The molecule has 2 aliphatic rings. The summed E-state index contributed by atoms with van der Waals surface area (Å²) in [5.74, 6) is 0.694. The van der Waals surface area contributed by atoms with E-state index in [-0.39, 0.29) is 11.5 Å². The highest BCUT2D eigenvalue weighted by Crippen LogP contribution is 2.43. The lowest BCUT2D eigenvalue weighted by molar-refractivity contribution is 0.0865. The van der Waals surface area contributed by atoms with Crippen LogP contribution in [0, 0.1) is 12.7 Å². The molecule has 1 aromatic heterocycles. The molecule has 0 spiro atoms. The maximum Gasteiger partial charge on any atom is 0.231 e. The minimum atomic E-state index is -0.401. The number of benzene rings is 2. The van der Waals surface area contributed by atoms with Crippen LogP contribution in [0.1, 0.15) is 32.7 Å². The van der Waals surface area contributed by atoms with Gasteiger partial charge in [-0.25, -0.2) is 4.39 Å². The topological polar surface area (TPSA) is 51.7 Å². The van der Waals surface area contributed by atoms with Gasteiger partial charge in [0.1, 0.15) is 24.0 Å². The van der Waals surface area contributed by atoms with Crippen LogP contribution in [0.5, 0.6) is 11.5 Å². The van der Waals surface area contributed by atoms with E-state index >= 15 is 0 Å². The van der Waals surface area contributed by atoms with E-state index in [0.717, 1.165) is 22.6 Å². The quantitative estimate of drug-likeness (QED) is 0.604. The number of rotatable bonds is 3. The first kappa shape index (κ1) is 18.5. The van der Waals surface area contributed by atoms with E-state index < -0.39 is 5.82 Å². The zero-order chi connectivity index (χ0) is 20.7. The fourth-order valence-corrected chi connectivity index (χ4v) is 3.85. The molecule has 0 amide bonds. The lowest BCUT2D eigenvalue weighted by Gasteiger charge is -2.30. The van der Waals surface area contributed by atoms with Crippen LogP contribution in [0.15, 0.2) is 60.5 Å². The Labute approximate surface area is 173 Å². The molecule has 0 unspecified atom stereocenters. The largest absolute Gasteiger partial charge is 0.477 e. The van der Waals surface area contributed by atoms with Crippen molar-refractivity contribution in [3.05, 3.63) is 94.3 Å². The number of Topliss-reactive ketones (excluding diaryl/α,β-unsaturated/α-hetero) is 1. The maximum absolute atomic E-state index is 14.0. The molecule has 0 saturated carbocycles. The second-order valence-electron chi connectivity index (χ2n) is 7.41. The molecule has 5 nitrogen and oxygen atoms in total. The van der Waals surface area contributed by atoms with Gasteiger partial charge in [0.25, 0.3) is 0 Å². The summed E-state index contributed by atoms with van der Waals surface area (Å²) >= 11 is 0. The first-order valence-corrected chi connectivity index (χ1v) is 9.70. The highest BCUT2D eigenvalue weighted by atomic mass is 19.1. The summed E-state index contributed by atoms with van der Waals surface area (Å²) in [5, 5.41) is 0. The number of hydrogen-bond acceptors (Lipinski definition) is 5. The summed E-state index contributed by atoms with van der Waals surface area (Å²) in [5.41, 5.74) is 3.46. The van der Waals surface area contributed by atoms with Gasteiger partial charge in [0.15, 0.2) is 5.76 Å². The van der Waals surface area contributed by atoms with E-state index in [2.05, 4.69) is 9.88 Å². The lowest BCUT2D eigenvalue weighted by atomic mass is 10.00. The molecule has 3 aromatic rings. The third-order valence-corrected chi connectivity index (χ3v) is 5.31. The van der Waals surface area contributed by atoms with Gasteiger partial charge >= 0.3 is 0 Å². The van der Waals surface area contributed by atoms with E-state index in [4.69, 9.17) is 9.47 Å². The van der Waals surface area contributed by atoms with E-state index in [0.29, 0.717) is 36.7 Å². The first-order chi connectivity index (χ1) is 14.6. The van der Waals surface area contributed by atoms with Crippen LogP contribution in [0.25, 0.3) is 6.08 Å². The van der Waals surface area contributed by atoms with Gasteiger partial charge in [0.05, 0.1) is 11.3 Å². The van der Waals surface area contributed by atoms with Crippen LogP contribution >= 0.6 is 0 Å². The van der Waals surface area contributed by atoms with Crippen LogP contribution in [-0.4, -0.2) is 22.4 Å². The van der Waals surface area contributed by atoms with Crippen molar-refractivity contribution in [3.8, 4) is 11.5 Å². The average Bonchev–Trinajstić information content (AvgIpc) is 3.06. The Morgan fingerprint density at radius 3 is 2.80 bits per heavy atom. The van der Waals surface area contributed by atoms with Crippen molar-refractivity contribution in [2.75, 3.05) is 6.73 Å². The highest BCUT2D eigenvalue weighted by Gasteiger charge is 2.33. The summed E-state index contributed by atoms with van der Waals surface area (Å²) in [6, 6.07) is 13.9. The third kappa shape index (κ3) is 3.25. The standard InChI is InChI=1S/C24H19FN2O3/c1-15-23-17(12-27(14-29-23)13-18-7-4-5-9-26-18)10-19-22(28)21(30-24(15)19)11-16-6-2-3-8-20(16)25/h2-11H,12-14H2,1H3/b21-11-. The Morgan fingerprint density at radius 2 is 2.00 bits per heavy atom. The molecular weight excluding hydrogens is 383 g/mol. The Balaban J connectivity index is 1.44. The summed E-state index contributed by atoms with van der Waals surface area (Å²) in [6.45, 7) is 3.60. The van der Waals surface area contributed by atoms with Gasteiger partial charge in [-0.3, -0.25) is 14.7 Å². The Morgan fingerprint density at radius 1 is 1.17 bits per heavy atom. The van der Waals surface area contributed by atoms with E-state index in [1.165, 1.54) is 12.1 Å². The fraction of sp³-hybridized carbons (Fsp3) is 0.167. The second-order valence-corrected chi connectivity index (χ2v) is 7.41. The average molecular weight is 402 g/mol. The molecule has 0 fully saturated rings. The highest BCUT2D eigenvalue weighted by molar-refractivity contribution is 6.15. The zero-order valence-corrected chi connectivity index (χ0v) is 16.4. The molecule has 0 saturated heterocycles. The number of aromatic nitrogens is 1. The SMILES string of the molecule is Cc1c2c(cc3c1O/C(=C\c1ccccc1F)C3=O)CN(Cc1ccccn1)CO2. The number of carbonyl (C=O) groups is 1.